The van der Waals surface area contributed by atoms with Gasteiger partial charge in [-0.1, -0.05) is 0 Å². The predicted octanol–water partition coefficient (Wildman–Crippen LogP) is 2.81. The quantitative estimate of drug-likeness (QED) is 0.700. The molecule has 0 unspecified atom stereocenters. The van der Waals surface area contributed by atoms with Crippen LogP contribution in [0.2, 0.25) is 0 Å². The molecule has 1 saturated carbocycles. The lowest BCUT2D eigenvalue weighted by Crippen LogP contribution is -2.45. The molecule has 1 nitrogen and oxygen atoms in total. The van der Waals surface area contributed by atoms with Crippen molar-refractivity contribution < 1.29 is 13.2 Å². The Morgan fingerprint density at radius 2 is 1.93 bits per heavy atom. The number of hydrogen-bond donors (Lipinski definition) is 1. The lowest BCUT2D eigenvalue weighted by atomic mass is 10.2. The van der Waals surface area contributed by atoms with Gasteiger partial charge in [-0.2, -0.15) is 24.9 Å². The van der Waals surface area contributed by atoms with Crippen molar-refractivity contribution in [2.45, 2.75) is 37.4 Å². The highest BCUT2D eigenvalue weighted by Crippen LogP contribution is 2.48. The number of alkyl halides is 3. The first-order valence-corrected chi connectivity index (χ1v) is 6.22. The molecule has 1 rings (SSSR count). The first kappa shape index (κ1) is 12.2. The van der Waals surface area contributed by atoms with E-state index in [1.165, 1.54) is 0 Å². The summed E-state index contributed by atoms with van der Waals surface area (Å²) in [5.74, 6) is 1.03. The Morgan fingerprint density at radius 3 is 2.36 bits per heavy atom. The van der Waals surface area contributed by atoms with Crippen LogP contribution >= 0.6 is 11.8 Å². The number of thioether (sulfide) groups is 1. The van der Waals surface area contributed by atoms with E-state index in [4.69, 9.17) is 0 Å². The lowest BCUT2D eigenvalue weighted by molar-refractivity contribution is -0.165. The van der Waals surface area contributed by atoms with Gasteiger partial charge in [0.25, 0.3) is 0 Å². The summed E-state index contributed by atoms with van der Waals surface area (Å²) in [6, 6.07) is 0. The van der Waals surface area contributed by atoms with Crippen molar-refractivity contribution in [2.75, 3.05) is 18.6 Å². The molecule has 0 atom stereocenters. The van der Waals surface area contributed by atoms with Crippen molar-refractivity contribution in [1.82, 2.24) is 5.32 Å². The van der Waals surface area contributed by atoms with Gasteiger partial charge >= 0.3 is 6.18 Å². The zero-order valence-corrected chi connectivity index (χ0v) is 9.10. The van der Waals surface area contributed by atoms with Gasteiger partial charge in [-0.05, 0) is 44.2 Å². The molecule has 0 radical (unpaired) electrons. The molecule has 0 bridgehead atoms. The third-order valence-electron chi connectivity index (χ3n) is 2.53. The third kappa shape index (κ3) is 3.05. The molecule has 0 aromatic carbocycles. The number of halogens is 3. The molecule has 0 heterocycles. The largest absolute Gasteiger partial charge is 0.406 e. The fraction of sp³-hybridized carbons (Fsp3) is 1.00. The number of hydrogen-bond acceptors (Lipinski definition) is 2. The van der Waals surface area contributed by atoms with Crippen LogP contribution in [0.15, 0.2) is 0 Å². The van der Waals surface area contributed by atoms with Crippen molar-refractivity contribution in [3.63, 3.8) is 0 Å². The van der Waals surface area contributed by atoms with Gasteiger partial charge in [0, 0.05) is 0 Å². The minimum absolute atomic E-state index is 0.249. The zero-order chi connectivity index (χ0) is 10.7. The molecule has 0 spiro atoms. The summed E-state index contributed by atoms with van der Waals surface area (Å²) < 4.78 is 37.2. The third-order valence-corrected chi connectivity index (χ3v) is 3.23. The van der Waals surface area contributed by atoms with Crippen LogP contribution in [0, 0.1) is 0 Å². The molecular formula is C9H16F3NS. The van der Waals surface area contributed by atoms with Crippen LogP contribution in [-0.2, 0) is 0 Å². The van der Waals surface area contributed by atoms with Gasteiger partial charge in [0.15, 0.2) is 0 Å². The molecule has 14 heavy (non-hydrogen) atoms. The van der Waals surface area contributed by atoms with Crippen LogP contribution in [0.4, 0.5) is 13.2 Å². The van der Waals surface area contributed by atoms with Gasteiger partial charge in [0.1, 0.15) is 5.54 Å². The maximum Gasteiger partial charge on any atom is 0.406 e. The van der Waals surface area contributed by atoms with Crippen LogP contribution < -0.4 is 5.32 Å². The van der Waals surface area contributed by atoms with Crippen LogP contribution in [0.25, 0.3) is 0 Å². The monoisotopic (exact) mass is 227 g/mol. The van der Waals surface area contributed by atoms with E-state index >= 15 is 0 Å². The molecule has 0 aromatic heterocycles. The Hall–Kier alpha value is 0.100. The first-order chi connectivity index (χ1) is 6.52. The van der Waals surface area contributed by atoms with E-state index in [0.29, 0.717) is 6.54 Å². The van der Waals surface area contributed by atoms with Crippen molar-refractivity contribution in [3.05, 3.63) is 0 Å². The number of nitrogens with one attached hydrogen (secondary N) is 1. The summed E-state index contributed by atoms with van der Waals surface area (Å²) in [7, 11) is 0. The minimum atomic E-state index is -4.06. The van der Waals surface area contributed by atoms with E-state index in [9.17, 15) is 13.2 Å². The SMILES string of the molecule is CSCCCCNC1(C(F)(F)F)CC1. The summed E-state index contributed by atoms with van der Waals surface area (Å²) in [5, 5.41) is 2.63. The fourth-order valence-electron chi connectivity index (χ4n) is 1.38. The average molecular weight is 227 g/mol. The molecule has 84 valence electrons. The van der Waals surface area contributed by atoms with Crippen LogP contribution in [0.3, 0.4) is 0 Å². The first-order valence-electron chi connectivity index (χ1n) is 4.82. The Bertz CT molecular complexity index is 177. The summed E-state index contributed by atoms with van der Waals surface area (Å²) in [4.78, 5) is 0. The van der Waals surface area contributed by atoms with Crippen LogP contribution in [-0.4, -0.2) is 30.3 Å². The molecule has 0 aliphatic heterocycles. The summed E-state index contributed by atoms with van der Waals surface area (Å²) in [6.45, 7) is 0.486. The van der Waals surface area contributed by atoms with Crippen LogP contribution in [0.1, 0.15) is 25.7 Å². The molecule has 1 fully saturated rings. The average Bonchev–Trinajstić information content (AvgIpc) is 2.84. The van der Waals surface area contributed by atoms with E-state index in [-0.39, 0.29) is 12.8 Å². The van der Waals surface area contributed by atoms with Crippen molar-refractivity contribution in [2.24, 2.45) is 0 Å². The van der Waals surface area contributed by atoms with Gasteiger partial charge < -0.3 is 5.32 Å². The smallest absolute Gasteiger partial charge is 0.304 e. The van der Waals surface area contributed by atoms with Crippen molar-refractivity contribution >= 4 is 11.8 Å². The van der Waals surface area contributed by atoms with E-state index in [1.807, 2.05) is 6.26 Å². The van der Waals surface area contributed by atoms with E-state index < -0.39 is 11.7 Å². The second-order valence-corrected chi connectivity index (χ2v) is 4.69. The summed E-state index contributed by atoms with van der Waals surface area (Å²) >= 11 is 1.73. The van der Waals surface area contributed by atoms with Crippen LogP contribution in [0.5, 0.6) is 0 Å². The summed E-state index contributed by atoms with van der Waals surface area (Å²) in [5.41, 5.74) is -1.52. The van der Waals surface area contributed by atoms with Gasteiger partial charge in [-0.25, -0.2) is 0 Å². The Labute approximate surface area is 86.8 Å². The van der Waals surface area contributed by atoms with E-state index in [1.54, 1.807) is 11.8 Å². The number of rotatable bonds is 6. The zero-order valence-electron chi connectivity index (χ0n) is 8.28. The molecule has 1 N–H and O–H groups in total. The van der Waals surface area contributed by atoms with Crippen molar-refractivity contribution in [1.29, 1.82) is 0 Å². The molecule has 1 aliphatic carbocycles. The summed E-state index contributed by atoms with van der Waals surface area (Å²) in [6.07, 6.45) is 0.261. The maximum atomic E-state index is 12.4. The highest BCUT2D eigenvalue weighted by atomic mass is 32.2. The maximum absolute atomic E-state index is 12.4. The minimum Gasteiger partial charge on any atom is -0.304 e. The van der Waals surface area contributed by atoms with E-state index in [0.717, 1.165) is 18.6 Å². The molecular weight excluding hydrogens is 211 g/mol. The second kappa shape index (κ2) is 4.75. The fourth-order valence-corrected chi connectivity index (χ4v) is 1.88. The molecule has 0 aromatic rings. The number of unbranched alkanes of at least 4 members (excludes halogenated alkanes) is 1. The van der Waals surface area contributed by atoms with Gasteiger partial charge in [0.2, 0.25) is 0 Å². The highest BCUT2D eigenvalue weighted by molar-refractivity contribution is 7.98. The molecule has 0 amide bonds. The van der Waals surface area contributed by atoms with Crippen molar-refractivity contribution in [3.8, 4) is 0 Å². The molecule has 1 aliphatic rings. The molecule has 5 heteroatoms. The topological polar surface area (TPSA) is 12.0 Å². The lowest BCUT2D eigenvalue weighted by Gasteiger charge is -2.20. The highest BCUT2D eigenvalue weighted by Gasteiger charge is 2.62. The van der Waals surface area contributed by atoms with Gasteiger partial charge in [-0.3, -0.25) is 0 Å². The standard InChI is InChI=1S/C9H16F3NS/c1-14-7-3-2-6-13-8(4-5-8)9(10,11)12/h13H,2-7H2,1H3. The van der Waals surface area contributed by atoms with Gasteiger partial charge in [-0.15, -0.1) is 0 Å². The Balaban J connectivity index is 2.12. The van der Waals surface area contributed by atoms with Gasteiger partial charge in [0.05, 0.1) is 0 Å². The predicted molar refractivity (Wildman–Crippen MR) is 53.6 cm³/mol. The second-order valence-electron chi connectivity index (χ2n) is 3.71. The Kier molecular flexibility index (Phi) is 4.13. The normalized spacial score (nSPS) is 19.7. The molecule has 0 saturated heterocycles. The Morgan fingerprint density at radius 1 is 1.29 bits per heavy atom. The van der Waals surface area contributed by atoms with E-state index in [2.05, 4.69) is 5.32 Å².